The van der Waals surface area contributed by atoms with Crippen LogP contribution >= 0.6 is 0 Å². The van der Waals surface area contributed by atoms with Gasteiger partial charge in [-0.15, -0.1) is 0 Å². The molecule has 0 aliphatic heterocycles. The molecular formula is C26H52O2. The average Bonchev–Trinajstić information content (AvgIpc) is 2.74. The molecular weight excluding hydrogens is 344 g/mol. The SMILES string of the molecule is CCCCCCCCCCCCCCCCCCC1(CO)CCC(CO)CC1. The summed E-state index contributed by atoms with van der Waals surface area (Å²) in [6, 6.07) is 0. The molecule has 0 heterocycles. The summed E-state index contributed by atoms with van der Waals surface area (Å²) in [6.45, 7) is 2.97. The normalized spacial score (nSPS) is 22.6. The maximum absolute atomic E-state index is 9.86. The van der Waals surface area contributed by atoms with Crippen LogP contribution in [0.25, 0.3) is 0 Å². The Morgan fingerprint density at radius 1 is 0.607 bits per heavy atom. The first-order valence-corrected chi connectivity index (χ1v) is 13.0. The van der Waals surface area contributed by atoms with E-state index < -0.39 is 0 Å². The van der Waals surface area contributed by atoms with Crippen LogP contribution < -0.4 is 0 Å². The van der Waals surface area contributed by atoms with Crippen LogP contribution in [-0.2, 0) is 0 Å². The van der Waals surface area contributed by atoms with E-state index in [4.69, 9.17) is 0 Å². The Morgan fingerprint density at radius 3 is 1.36 bits per heavy atom. The van der Waals surface area contributed by atoms with Gasteiger partial charge in [0.25, 0.3) is 0 Å². The largest absolute Gasteiger partial charge is 0.396 e. The summed E-state index contributed by atoms with van der Waals surface area (Å²) in [6.07, 6.45) is 28.3. The summed E-state index contributed by atoms with van der Waals surface area (Å²) in [5.74, 6) is 0.491. The molecule has 0 saturated heterocycles. The van der Waals surface area contributed by atoms with E-state index in [9.17, 15) is 10.2 Å². The third-order valence-electron chi connectivity index (χ3n) is 7.32. The van der Waals surface area contributed by atoms with Gasteiger partial charge in [0.05, 0.1) is 0 Å². The van der Waals surface area contributed by atoms with E-state index in [0.717, 1.165) is 25.7 Å². The van der Waals surface area contributed by atoms with Crippen LogP contribution in [0, 0.1) is 11.3 Å². The first-order valence-electron chi connectivity index (χ1n) is 13.0. The van der Waals surface area contributed by atoms with Gasteiger partial charge >= 0.3 is 0 Å². The molecule has 1 fully saturated rings. The Hall–Kier alpha value is -0.0800. The molecule has 2 nitrogen and oxygen atoms in total. The van der Waals surface area contributed by atoms with Crippen molar-refractivity contribution in [3.8, 4) is 0 Å². The second kappa shape index (κ2) is 17.8. The molecule has 0 unspecified atom stereocenters. The summed E-state index contributed by atoms with van der Waals surface area (Å²) in [4.78, 5) is 0. The lowest BCUT2D eigenvalue weighted by molar-refractivity contribution is 0.0405. The molecule has 1 aliphatic carbocycles. The van der Waals surface area contributed by atoms with E-state index in [1.54, 1.807) is 0 Å². The van der Waals surface area contributed by atoms with Gasteiger partial charge in [0.1, 0.15) is 0 Å². The highest BCUT2D eigenvalue weighted by Gasteiger charge is 2.33. The second-order valence-corrected chi connectivity index (χ2v) is 9.84. The molecule has 0 aromatic heterocycles. The highest BCUT2D eigenvalue weighted by Crippen LogP contribution is 2.42. The van der Waals surface area contributed by atoms with Gasteiger partial charge in [0.2, 0.25) is 0 Å². The lowest BCUT2D eigenvalue weighted by atomic mass is 9.68. The van der Waals surface area contributed by atoms with Crippen molar-refractivity contribution < 1.29 is 10.2 Å². The fourth-order valence-corrected chi connectivity index (χ4v) is 5.01. The molecule has 0 bridgehead atoms. The van der Waals surface area contributed by atoms with Crippen LogP contribution in [0.1, 0.15) is 142 Å². The minimum atomic E-state index is 0.182. The predicted octanol–water partition coefficient (Wildman–Crippen LogP) is 7.80. The van der Waals surface area contributed by atoms with Gasteiger partial charge in [-0.25, -0.2) is 0 Å². The van der Waals surface area contributed by atoms with Crippen molar-refractivity contribution >= 4 is 0 Å². The smallest absolute Gasteiger partial charge is 0.0487 e. The van der Waals surface area contributed by atoms with E-state index in [1.165, 1.54) is 109 Å². The van der Waals surface area contributed by atoms with Crippen LogP contribution in [-0.4, -0.2) is 23.4 Å². The maximum atomic E-state index is 9.86. The zero-order chi connectivity index (χ0) is 20.3. The van der Waals surface area contributed by atoms with Crippen LogP contribution in [0.3, 0.4) is 0 Å². The Balaban J connectivity index is 1.83. The zero-order valence-corrected chi connectivity index (χ0v) is 19.2. The lowest BCUT2D eigenvalue weighted by Gasteiger charge is -2.38. The van der Waals surface area contributed by atoms with Crippen molar-refractivity contribution in [3.63, 3.8) is 0 Å². The third kappa shape index (κ3) is 12.5. The number of hydrogen-bond acceptors (Lipinski definition) is 2. The Labute approximate surface area is 176 Å². The van der Waals surface area contributed by atoms with Crippen molar-refractivity contribution in [1.82, 2.24) is 0 Å². The van der Waals surface area contributed by atoms with E-state index in [2.05, 4.69) is 6.92 Å². The minimum absolute atomic E-state index is 0.182. The molecule has 2 N–H and O–H groups in total. The van der Waals surface area contributed by atoms with Crippen LogP contribution in [0.5, 0.6) is 0 Å². The van der Waals surface area contributed by atoms with Crippen molar-refractivity contribution in [2.75, 3.05) is 13.2 Å². The van der Waals surface area contributed by atoms with Crippen molar-refractivity contribution in [3.05, 3.63) is 0 Å². The third-order valence-corrected chi connectivity index (χ3v) is 7.32. The fourth-order valence-electron chi connectivity index (χ4n) is 5.01. The van der Waals surface area contributed by atoms with E-state index in [-0.39, 0.29) is 5.41 Å². The summed E-state index contributed by atoms with van der Waals surface area (Å²) < 4.78 is 0. The average molecular weight is 397 g/mol. The lowest BCUT2D eigenvalue weighted by Crippen LogP contribution is -2.32. The molecule has 1 rings (SSSR count). The predicted molar refractivity (Wildman–Crippen MR) is 123 cm³/mol. The zero-order valence-electron chi connectivity index (χ0n) is 19.2. The van der Waals surface area contributed by atoms with Crippen LogP contribution in [0.2, 0.25) is 0 Å². The molecule has 0 amide bonds. The Morgan fingerprint density at radius 2 is 1.00 bits per heavy atom. The van der Waals surface area contributed by atoms with E-state index in [0.29, 0.717) is 19.1 Å². The van der Waals surface area contributed by atoms with Gasteiger partial charge in [-0.05, 0) is 43.4 Å². The first-order chi connectivity index (χ1) is 13.8. The van der Waals surface area contributed by atoms with Crippen molar-refractivity contribution in [2.24, 2.45) is 11.3 Å². The fraction of sp³-hybridized carbons (Fsp3) is 1.00. The molecule has 0 spiro atoms. The van der Waals surface area contributed by atoms with Crippen molar-refractivity contribution in [2.45, 2.75) is 142 Å². The molecule has 1 saturated carbocycles. The number of aliphatic hydroxyl groups is 2. The monoisotopic (exact) mass is 396 g/mol. The van der Waals surface area contributed by atoms with Crippen LogP contribution in [0.4, 0.5) is 0 Å². The standard InChI is InChI=1S/C26H52O2/c1-2-3-4-5-6-7-8-9-10-11-12-13-14-15-16-17-20-26(24-28)21-18-25(23-27)19-22-26/h25,27-28H,2-24H2,1H3. The molecule has 28 heavy (non-hydrogen) atoms. The number of hydrogen-bond donors (Lipinski definition) is 2. The second-order valence-electron chi connectivity index (χ2n) is 9.84. The van der Waals surface area contributed by atoms with Gasteiger partial charge in [-0.2, -0.15) is 0 Å². The van der Waals surface area contributed by atoms with E-state index >= 15 is 0 Å². The molecule has 0 aromatic rings. The molecule has 2 heteroatoms. The minimum Gasteiger partial charge on any atom is -0.396 e. The van der Waals surface area contributed by atoms with Gasteiger partial charge in [0.15, 0.2) is 0 Å². The quantitative estimate of drug-likeness (QED) is 0.219. The first kappa shape index (κ1) is 26.0. The highest BCUT2D eigenvalue weighted by molar-refractivity contribution is 4.85. The Bertz CT molecular complexity index is 320. The van der Waals surface area contributed by atoms with Gasteiger partial charge < -0.3 is 10.2 Å². The highest BCUT2D eigenvalue weighted by atomic mass is 16.3. The summed E-state index contributed by atoms with van der Waals surface area (Å²) in [7, 11) is 0. The summed E-state index contributed by atoms with van der Waals surface area (Å²) in [5.41, 5.74) is 0.182. The van der Waals surface area contributed by atoms with Gasteiger partial charge in [-0.3, -0.25) is 0 Å². The van der Waals surface area contributed by atoms with Gasteiger partial charge in [0, 0.05) is 13.2 Å². The topological polar surface area (TPSA) is 40.5 Å². The van der Waals surface area contributed by atoms with Crippen LogP contribution in [0.15, 0.2) is 0 Å². The van der Waals surface area contributed by atoms with E-state index in [1.807, 2.05) is 0 Å². The van der Waals surface area contributed by atoms with Crippen molar-refractivity contribution in [1.29, 1.82) is 0 Å². The molecule has 0 atom stereocenters. The maximum Gasteiger partial charge on any atom is 0.0487 e. The number of unbranched alkanes of at least 4 members (excludes halogenated alkanes) is 15. The molecule has 168 valence electrons. The van der Waals surface area contributed by atoms with Gasteiger partial charge in [-0.1, -0.05) is 110 Å². The number of aliphatic hydroxyl groups excluding tert-OH is 2. The molecule has 0 radical (unpaired) electrons. The molecule has 0 aromatic carbocycles. The summed E-state index contributed by atoms with van der Waals surface area (Å²) in [5, 5.41) is 19.2. The summed E-state index contributed by atoms with van der Waals surface area (Å²) >= 11 is 0. The number of rotatable bonds is 19. The Kier molecular flexibility index (Phi) is 16.5. The molecule has 1 aliphatic rings.